The zero-order valence-electron chi connectivity index (χ0n) is 15.6. The standard InChI is InChI=1S/C18H26ClN7O/c1-25-8-6-12(7-9-25)26-11-15(23-24-26)17-13(19)10-20-18(22-17)21-14-4-2-3-5-16(14)27/h10-12,14,16,27H,2-9H2,1H3,(H,20,21,22)/t14-,16-/m1/s1. The molecule has 0 bridgehead atoms. The third-order valence-corrected chi connectivity index (χ3v) is 5.88. The molecule has 1 aliphatic carbocycles. The minimum atomic E-state index is -0.369. The molecule has 0 aromatic carbocycles. The number of nitrogens with one attached hydrogen (secondary N) is 1. The molecular weight excluding hydrogens is 366 g/mol. The van der Waals surface area contributed by atoms with Crippen molar-refractivity contribution in [3.8, 4) is 11.4 Å². The highest BCUT2D eigenvalue weighted by molar-refractivity contribution is 6.32. The lowest BCUT2D eigenvalue weighted by Gasteiger charge is -2.28. The fourth-order valence-corrected chi connectivity index (χ4v) is 4.07. The quantitative estimate of drug-likeness (QED) is 0.826. The maximum absolute atomic E-state index is 10.2. The molecule has 146 valence electrons. The summed E-state index contributed by atoms with van der Waals surface area (Å²) in [5.74, 6) is 0.467. The second kappa shape index (κ2) is 8.08. The van der Waals surface area contributed by atoms with Gasteiger partial charge in [0.25, 0.3) is 0 Å². The highest BCUT2D eigenvalue weighted by Gasteiger charge is 2.24. The molecule has 2 fully saturated rings. The monoisotopic (exact) mass is 391 g/mol. The number of aromatic nitrogens is 5. The van der Waals surface area contributed by atoms with E-state index < -0.39 is 0 Å². The van der Waals surface area contributed by atoms with E-state index in [2.05, 4.69) is 37.5 Å². The Hall–Kier alpha value is -1.77. The first-order chi connectivity index (χ1) is 13.1. The first-order valence-electron chi connectivity index (χ1n) is 9.68. The van der Waals surface area contributed by atoms with Gasteiger partial charge < -0.3 is 15.3 Å². The Labute approximate surface area is 163 Å². The van der Waals surface area contributed by atoms with Crippen LogP contribution in [-0.2, 0) is 0 Å². The molecule has 0 spiro atoms. The predicted octanol–water partition coefficient (Wildman–Crippen LogP) is 2.37. The van der Waals surface area contributed by atoms with Crippen molar-refractivity contribution in [2.45, 2.75) is 56.7 Å². The number of halogens is 1. The van der Waals surface area contributed by atoms with Crippen LogP contribution in [0.5, 0.6) is 0 Å². The number of nitrogens with zero attached hydrogens (tertiary/aromatic N) is 6. The molecule has 8 nitrogen and oxygen atoms in total. The van der Waals surface area contributed by atoms with E-state index in [1.165, 1.54) is 0 Å². The van der Waals surface area contributed by atoms with Crippen LogP contribution in [0.2, 0.25) is 5.02 Å². The number of piperidine rings is 1. The van der Waals surface area contributed by atoms with Gasteiger partial charge in [-0.3, -0.25) is 0 Å². The summed E-state index contributed by atoms with van der Waals surface area (Å²) in [6.45, 7) is 2.12. The number of hydrogen-bond acceptors (Lipinski definition) is 7. The van der Waals surface area contributed by atoms with E-state index in [9.17, 15) is 5.11 Å². The van der Waals surface area contributed by atoms with Crippen LogP contribution in [0.1, 0.15) is 44.6 Å². The summed E-state index contributed by atoms with van der Waals surface area (Å²) in [4.78, 5) is 11.2. The first kappa shape index (κ1) is 18.6. The molecule has 3 heterocycles. The smallest absolute Gasteiger partial charge is 0.223 e. The molecule has 2 aromatic rings. The summed E-state index contributed by atoms with van der Waals surface area (Å²) < 4.78 is 1.93. The summed E-state index contributed by atoms with van der Waals surface area (Å²) in [5.41, 5.74) is 1.22. The van der Waals surface area contributed by atoms with Crippen molar-refractivity contribution in [3.05, 3.63) is 17.4 Å². The Balaban J connectivity index is 1.51. The maximum atomic E-state index is 10.2. The average molecular weight is 392 g/mol. The summed E-state index contributed by atoms with van der Waals surface area (Å²) in [7, 11) is 2.14. The van der Waals surface area contributed by atoms with Crippen LogP contribution < -0.4 is 5.32 Å². The van der Waals surface area contributed by atoms with Crippen molar-refractivity contribution in [2.24, 2.45) is 0 Å². The average Bonchev–Trinajstić information content (AvgIpc) is 3.15. The van der Waals surface area contributed by atoms with Gasteiger partial charge in [-0.05, 0) is 45.8 Å². The van der Waals surface area contributed by atoms with E-state index in [4.69, 9.17) is 11.6 Å². The number of aliphatic hydroxyl groups excluding tert-OH is 1. The molecule has 0 unspecified atom stereocenters. The van der Waals surface area contributed by atoms with Crippen LogP contribution in [0.15, 0.2) is 12.4 Å². The van der Waals surface area contributed by atoms with Gasteiger partial charge in [0, 0.05) is 0 Å². The van der Waals surface area contributed by atoms with Gasteiger partial charge in [0.2, 0.25) is 5.95 Å². The summed E-state index contributed by atoms with van der Waals surface area (Å²) >= 11 is 6.33. The van der Waals surface area contributed by atoms with Crippen molar-refractivity contribution >= 4 is 17.5 Å². The Bertz CT molecular complexity index is 775. The topological polar surface area (TPSA) is 92.0 Å². The zero-order chi connectivity index (χ0) is 18.8. The van der Waals surface area contributed by atoms with E-state index in [1.54, 1.807) is 6.20 Å². The lowest BCUT2D eigenvalue weighted by atomic mass is 9.93. The van der Waals surface area contributed by atoms with Crippen molar-refractivity contribution < 1.29 is 5.11 Å². The van der Waals surface area contributed by atoms with E-state index in [1.807, 2.05) is 10.9 Å². The van der Waals surface area contributed by atoms with Crippen molar-refractivity contribution in [2.75, 3.05) is 25.5 Å². The van der Waals surface area contributed by atoms with Gasteiger partial charge in [-0.1, -0.05) is 29.7 Å². The molecule has 0 radical (unpaired) electrons. The molecule has 4 rings (SSSR count). The van der Waals surface area contributed by atoms with E-state index in [-0.39, 0.29) is 12.1 Å². The summed E-state index contributed by atoms with van der Waals surface area (Å²) in [6.07, 6.45) is 9.13. The number of likely N-dealkylation sites (tertiary alicyclic amines) is 1. The van der Waals surface area contributed by atoms with E-state index in [0.29, 0.717) is 28.4 Å². The van der Waals surface area contributed by atoms with Gasteiger partial charge in [0.05, 0.1) is 35.6 Å². The zero-order valence-corrected chi connectivity index (χ0v) is 16.3. The van der Waals surface area contributed by atoms with Crippen LogP contribution in [0.3, 0.4) is 0 Å². The van der Waals surface area contributed by atoms with Crippen LogP contribution in [0.4, 0.5) is 5.95 Å². The minimum absolute atomic E-state index is 0.0253. The van der Waals surface area contributed by atoms with Gasteiger partial charge >= 0.3 is 0 Å². The minimum Gasteiger partial charge on any atom is -0.391 e. The Morgan fingerprint density at radius 2 is 1.96 bits per heavy atom. The van der Waals surface area contributed by atoms with Gasteiger partial charge in [0.1, 0.15) is 11.4 Å². The maximum Gasteiger partial charge on any atom is 0.223 e. The Morgan fingerprint density at radius 3 is 2.74 bits per heavy atom. The SMILES string of the molecule is CN1CCC(n2cc(-c3nc(N[C@@H]4CCCC[C@H]4O)ncc3Cl)nn2)CC1. The second-order valence-electron chi connectivity index (χ2n) is 7.61. The largest absolute Gasteiger partial charge is 0.391 e. The van der Waals surface area contributed by atoms with Gasteiger partial charge in [-0.15, -0.1) is 5.10 Å². The van der Waals surface area contributed by atoms with E-state index in [0.717, 1.165) is 51.6 Å². The molecule has 1 saturated carbocycles. The predicted molar refractivity (Wildman–Crippen MR) is 104 cm³/mol. The fraction of sp³-hybridized carbons (Fsp3) is 0.667. The number of hydrogen-bond donors (Lipinski definition) is 2. The number of aliphatic hydroxyl groups is 1. The molecule has 2 aromatic heterocycles. The number of rotatable bonds is 4. The highest BCUT2D eigenvalue weighted by Crippen LogP contribution is 2.28. The summed E-state index contributed by atoms with van der Waals surface area (Å²) in [5, 5.41) is 22.5. The third-order valence-electron chi connectivity index (χ3n) is 5.60. The molecule has 2 aliphatic rings. The Morgan fingerprint density at radius 1 is 1.19 bits per heavy atom. The van der Waals surface area contributed by atoms with E-state index >= 15 is 0 Å². The molecule has 1 aliphatic heterocycles. The van der Waals surface area contributed by atoms with Crippen LogP contribution in [-0.4, -0.2) is 67.3 Å². The molecular formula is C18H26ClN7O. The highest BCUT2D eigenvalue weighted by atomic mass is 35.5. The lowest BCUT2D eigenvalue weighted by Crippen LogP contribution is -2.36. The number of anilines is 1. The second-order valence-corrected chi connectivity index (χ2v) is 8.02. The van der Waals surface area contributed by atoms with Gasteiger partial charge in [0.15, 0.2) is 0 Å². The van der Waals surface area contributed by atoms with Crippen LogP contribution in [0, 0.1) is 0 Å². The van der Waals surface area contributed by atoms with Crippen molar-refractivity contribution in [3.63, 3.8) is 0 Å². The first-order valence-corrected chi connectivity index (χ1v) is 10.1. The molecule has 27 heavy (non-hydrogen) atoms. The van der Waals surface area contributed by atoms with Gasteiger partial charge in [-0.2, -0.15) is 0 Å². The van der Waals surface area contributed by atoms with Crippen molar-refractivity contribution in [1.29, 1.82) is 0 Å². The molecule has 1 saturated heterocycles. The molecule has 9 heteroatoms. The molecule has 0 amide bonds. The van der Waals surface area contributed by atoms with Crippen LogP contribution in [0.25, 0.3) is 11.4 Å². The normalized spacial score (nSPS) is 24.9. The van der Waals surface area contributed by atoms with Crippen molar-refractivity contribution in [1.82, 2.24) is 29.9 Å². The summed E-state index contributed by atoms with van der Waals surface area (Å²) in [6, 6.07) is 0.334. The fourth-order valence-electron chi connectivity index (χ4n) is 3.88. The molecule has 2 atom stereocenters. The van der Waals surface area contributed by atoms with Crippen LogP contribution >= 0.6 is 11.6 Å². The molecule has 2 N–H and O–H groups in total. The third kappa shape index (κ3) is 4.23. The van der Waals surface area contributed by atoms with Gasteiger partial charge in [-0.25, -0.2) is 14.6 Å². The lowest BCUT2D eigenvalue weighted by molar-refractivity contribution is 0.116. The Kier molecular flexibility index (Phi) is 5.56.